The van der Waals surface area contributed by atoms with Gasteiger partial charge in [-0.05, 0) is 41.8 Å². The van der Waals surface area contributed by atoms with Gasteiger partial charge in [-0.1, -0.05) is 18.2 Å². The summed E-state index contributed by atoms with van der Waals surface area (Å²) in [5.74, 6) is 0.103. The van der Waals surface area contributed by atoms with Gasteiger partial charge in [-0.25, -0.2) is 13.4 Å². The number of carbonyl (C=O) groups excluding carboxylic acids is 1. The van der Waals surface area contributed by atoms with Gasteiger partial charge >= 0.3 is 0 Å². The predicted molar refractivity (Wildman–Crippen MR) is 130 cm³/mol. The Morgan fingerprint density at radius 3 is 2.48 bits per heavy atom. The number of piperazine rings is 1. The Morgan fingerprint density at radius 2 is 1.76 bits per heavy atom. The highest BCUT2D eigenvalue weighted by Crippen LogP contribution is 2.22. The first-order chi connectivity index (χ1) is 16.0. The molecule has 0 atom stereocenters. The molecule has 2 aromatic heterocycles. The average molecular weight is 482 g/mol. The molecule has 1 saturated heterocycles. The number of benzene rings is 2. The minimum Gasteiger partial charge on any atom is -0.368 e. The molecule has 2 aromatic carbocycles. The van der Waals surface area contributed by atoms with Crippen molar-refractivity contribution in [3.63, 3.8) is 0 Å². The fourth-order valence-electron chi connectivity index (χ4n) is 4.02. The molecule has 4 aromatic rings. The maximum absolute atomic E-state index is 12.8. The number of para-hydroxylation sites is 1. The van der Waals surface area contributed by atoms with Crippen LogP contribution in [0.2, 0.25) is 0 Å². The van der Waals surface area contributed by atoms with Crippen LogP contribution in [-0.2, 0) is 21.4 Å². The number of nitrogens with zero attached hydrogens (tertiary/aromatic N) is 4. The molecule has 5 rings (SSSR count). The van der Waals surface area contributed by atoms with Crippen molar-refractivity contribution in [1.82, 2.24) is 14.5 Å². The van der Waals surface area contributed by atoms with Crippen LogP contribution < -0.4 is 9.62 Å². The van der Waals surface area contributed by atoms with Gasteiger partial charge in [0, 0.05) is 55.2 Å². The van der Waals surface area contributed by atoms with E-state index in [0.29, 0.717) is 37.9 Å². The molecule has 0 bridgehead atoms. The number of nitrogens with one attached hydrogen (secondary N) is 1. The van der Waals surface area contributed by atoms with Crippen molar-refractivity contribution in [2.75, 3.05) is 35.8 Å². The minimum atomic E-state index is -3.67. The van der Waals surface area contributed by atoms with Gasteiger partial charge in [0.1, 0.15) is 6.54 Å². The molecule has 0 spiro atoms. The number of thiazole rings is 1. The zero-order valence-corrected chi connectivity index (χ0v) is 19.4. The standard InChI is InChI=1S/C23H23N5O3S2/c29-22(17-28-11-9-18-3-1-2-4-21(18)28)27-14-12-26(13-15-27)19-5-7-20(8-6-19)33(30,31)25-23-24-10-16-32-23/h1-11,16H,12-15,17H2,(H,24,25). The van der Waals surface area contributed by atoms with Crippen LogP contribution in [0.4, 0.5) is 10.8 Å². The maximum Gasteiger partial charge on any atom is 0.263 e. The molecule has 1 N–H and O–H groups in total. The van der Waals surface area contributed by atoms with E-state index < -0.39 is 10.0 Å². The van der Waals surface area contributed by atoms with E-state index in [4.69, 9.17) is 0 Å². The zero-order chi connectivity index (χ0) is 22.8. The lowest BCUT2D eigenvalue weighted by Crippen LogP contribution is -2.49. The second-order valence-electron chi connectivity index (χ2n) is 7.81. The van der Waals surface area contributed by atoms with Gasteiger partial charge in [-0.2, -0.15) is 0 Å². The van der Waals surface area contributed by atoms with E-state index in [2.05, 4.69) is 14.6 Å². The first-order valence-electron chi connectivity index (χ1n) is 10.6. The van der Waals surface area contributed by atoms with Crippen molar-refractivity contribution >= 4 is 49.0 Å². The van der Waals surface area contributed by atoms with Gasteiger partial charge < -0.3 is 14.4 Å². The molecule has 1 amide bonds. The van der Waals surface area contributed by atoms with E-state index in [9.17, 15) is 13.2 Å². The summed E-state index contributed by atoms with van der Waals surface area (Å²) in [6.45, 7) is 2.97. The Labute approximate surface area is 196 Å². The fourth-order valence-corrected chi connectivity index (χ4v) is 5.81. The fraction of sp³-hybridized carbons (Fsp3) is 0.217. The summed E-state index contributed by atoms with van der Waals surface area (Å²) in [6, 6.07) is 16.9. The molecule has 8 nitrogen and oxygen atoms in total. The highest BCUT2D eigenvalue weighted by Gasteiger charge is 2.22. The van der Waals surface area contributed by atoms with Gasteiger partial charge in [0.15, 0.2) is 5.13 Å². The third-order valence-corrected chi connectivity index (χ3v) is 7.96. The predicted octanol–water partition coefficient (Wildman–Crippen LogP) is 3.25. The number of hydrogen-bond donors (Lipinski definition) is 1. The van der Waals surface area contributed by atoms with E-state index in [-0.39, 0.29) is 10.8 Å². The van der Waals surface area contributed by atoms with E-state index in [0.717, 1.165) is 16.6 Å². The van der Waals surface area contributed by atoms with Crippen molar-refractivity contribution in [2.24, 2.45) is 0 Å². The summed E-state index contributed by atoms with van der Waals surface area (Å²) in [7, 11) is -3.67. The number of anilines is 2. The Morgan fingerprint density at radius 1 is 1.00 bits per heavy atom. The molecule has 3 heterocycles. The number of sulfonamides is 1. The number of hydrogen-bond acceptors (Lipinski definition) is 6. The highest BCUT2D eigenvalue weighted by atomic mass is 32.2. The largest absolute Gasteiger partial charge is 0.368 e. The molecule has 0 radical (unpaired) electrons. The summed E-state index contributed by atoms with van der Waals surface area (Å²) in [5, 5.41) is 3.18. The molecule has 0 unspecified atom stereocenters. The third-order valence-electron chi connectivity index (χ3n) is 5.78. The summed E-state index contributed by atoms with van der Waals surface area (Å²) >= 11 is 1.23. The van der Waals surface area contributed by atoms with Gasteiger partial charge in [0.2, 0.25) is 5.91 Å². The molecule has 1 aliphatic rings. The maximum atomic E-state index is 12.8. The van der Waals surface area contributed by atoms with Crippen molar-refractivity contribution < 1.29 is 13.2 Å². The third kappa shape index (κ3) is 4.57. The smallest absolute Gasteiger partial charge is 0.263 e. The molecular weight excluding hydrogens is 458 g/mol. The second kappa shape index (κ2) is 8.87. The molecule has 0 saturated carbocycles. The van der Waals surface area contributed by atoms with Crippen LogP contribution in [0.3, 0.4) is 0 Å². The van der Waals surface area contributed by atoms with Crippen LogP contribution in [0.15, 0.2) is 77.3 Å². The van der Waals surface area contributed by atoms with E-state index in [1.54, 1.807) is 35.8 Å². The lowest BCUT2D eigenvalue weighted by Gasteiger charge is -2.36. The number of aromatic nitrogens is 2. The summed E-state index contributed by atoms with van der Waals surface area (Å²) < 4.78 is 29.5. The van der Waals surface area contributed by atoms with E-state index in [1.807, 2.05) is 46.0 Å². The van der Waals surface area contributed by atoms with Crippen LogP contribution in [0.25, 0.3) is 10.9 Å². The summed E-state index contributed by atoms with van der Waals surface area (Å²) in [4.78, 5) is 21.1. The zero-order valence-electron chi connectivity index (χ0n) is 17.8. The number of rotatable bonds is 6. The van der Waals surface area contributed by atoms with Crippen LogP contribution >= 0.6 is 11.3 Å². The van der Waals surface area contributed by atoms with E-state index >= 15 is 0 Å². The number of amides is 1. The molecule has 0 aliphatic carbocycles. The van der Waals surface area contributed by atoms with Gasteiger partial charge in [-0.15, -0.1) is 11.3 Å². The van der Waals surface area contributed by atoms with Crippen molar-refractivity contribution in [3.05, 3.63) is 72.4 Å². The van der Waals surface area contributed by atoms with Crippen molar-refractivity contribution in [2.45, 2.75) is 11.4 Å². The lowest BCUT2D eigenvalue weighted by molar-refractivity contribution is -0.132. The van der Waals surface area contributed by atoms with Crippen LogP contribution in [0, 0.1) is 0 Å². The molecular formula is C23H23N5O3S2. The summed E-state index contributed by atoms with van der Waals surface area (Å²) in [6.07, 6.45) is 3.51. The normalized spacial score (nSPS) is 14.5. The quantitative estimate of drug-likeness (QED) is 0.457. The Bertz CT molecular complexity index is 1360. The van der Waals surface area contributed by atoms with Gasteiger partial charge in [-0.3, -0.25) is 9.52 Å². The van der Waals surface area contributed by atoms with E-state index in [1.165, 1.54) is 11.3 Å². The number of fused-ring (bicyclic) bond motifs is 1. The minimum absolute atomic E-state index is 0.103. The monoisotopic (exact) mass is 481 g/mol. The molecule has 170 valence electrons. The van der Waals surface area contributed by atoms with Crippen LogP contribution in [0.5, 0.6) is 0 Å². The molecule has 1 fully saturated rings. The van der Waals surface area contributed by atoms with Crippen molar-refractivity contribution in [1.29, 1.82) is 0 Å². The first kappa shape index (κ1) is 21.5. The molecule has 10 heteroatoms. The Kier molecular flexibility index (Phi) is 5.77. The van der Waals surface area contributed by atoms with Gasteiger partial charge in [0.25, 0.3) is 10.0 Å². The second-order valence-corrected chi connectivity index (χ2v) is 10.4. The Balaban J connectivity index is 1.19. The number of carbonyl (C=O) groups is 1. The molecule has 1 aliphatic heterocycles. The summed E-state index contributed by atoms with van der Waals surface area (Å²) in [5.41, 5.74) is 2.00. The van der Waals surface area contributed by atoms with Crippen LogP contribution in [-0.4, -0.2) is 55.0 Å². The van der Waals surface area contributed by atoms with Crippen LogP contribution in [0.1, 0.15) is 0 Å². The average Bonchev–Trinajstić information content (AvgIpc) is 3.49. The topological polar surface area (TPSA) is 87.5 Å². The Hall–Kier alpha value is -3.37. The lowest BCUT2D eigenvalue weighted by atomic mass is 10.2. The molecule has 33 heavy (non-hydrogen) atoms. The SMILES string of the molecule is O=C(Cn1ccc2ccccc21)N1CCN(c2ccc(S(=O)(=O)Nc3nccs3)cc2)CC1. The van der Waals surface area contributed by atoms with Crippen molar-refractivity contribution in [3.8, 4) is 0 Å². The first-order valence-corrected chi connectivity index (χ1v) is 12.9. The van der Waals surface area contributed by atoms with Gasteiger partial charge in [0.05, 0.1) is 4.90 Å². The highest BCUT2D eigenvalue weighted by molar-refractivity contribution is 7.93.